The number of nitrogens with one attached hydrogen (secondary N) is 1. The molecule has 6 nitrogen and oxygen atoms in total. The normalized spacial score (nSPS) is 12.1. The summed E-state index contributed by atoms with van der Waals surface area (Å²) in [5.41, 5.74) is 4.57. The van der Waals surface area contributed by atoms with Gasteiger partial charge in [-0.1, -0.05) is 46.8 Å². The molecule has 0 fully saturated rings. The highest BCUT2D eigenvalue weighted by molar-refractivity contribution is 9.13. The van der Waals surface area contributed by atoms with Crippen LogP contribution in [-0.4, -0.2) is 30.4 Å². The fraction of sp³-hybridized carbons (Fsp3) is 0.440. The van der Waals surface area contributed by atoms with Gasteiger partial charge in [0.1, 0.15) is 5.75 Å². The molecule has 0 aliphatic rings. The number of hydrogen-bond donors (Lipinski definition) is 2. The molecule has 0 spiro atoms. The van der Waals surface area contributed by atoms with Gasteiger partial charge in [0.05, 0.1) is 17.3 Å². The van der Waals surface area contributed by atoms with Crippen molar-refractivity contribution in [3.63, 3.8) is 0 Å². The maximum atomic E-state index is 12.1. The zero-order valence-corrected chi connectivity index (χ0v) is 23.1. The third-order valence-corrected chi connectivity index (χ3v) is 7.00. The van der Waals surface area contributed by atoms with Gasteiger partial charge in [-0.2, -0.15) is 5.10 Å². The summed E-state index contributed by atoms with van der Waals surface area (Å²) >= 11 is 6.70. The Balaban J connectivity index is 1.94. The van der Waals surface area contributed by atoms with Crippen LogP contribution in [0.1, 0.15) is 59.1 Å². The molecule has 2 rings (SSSR count). The molecule has 180 valence electrons. The van der Waals surface area contributed by atoms with E-state index in [4.69, 9.17) is 9.47 Å². The molecule has 0 radical (unpaired) electrons. The van der Waals surface area contributed by atoms with Crippen LogP contribution in [0.15, 0.2) is 44.4 Å². The van der Waals surface area contributed by atoms with Gasteiger partial charge in [0, 0.05) is 10.0 Å². The number of carbonyl (C=O) groups excluding carboxylic acids is 1. The molecule has 2 N–H and O–H groups in total. The predicted molar refractivity (Wildman–Crippen MR) is 139 cm³/mol. The maximum absolute atomic E-state index is 12.1. The van der Waals surface area contributed by atoms with Crippen molar-refractivity contribution in [3.8, 4) is 17.2 Å². The highest BCUT2D eigenvalue weighted by atomic mass is 79.9. The summed E-state index contributed by atoms with van der Waals surface area (Å²) in [4.78, 5) is 12.1. The van der Waals surface area contributed by atoms with E-state index in [9.17, 15) is 9.90 Å². The van der Waals surface area contributed by atoms with Crippen LogP contribution in [0.4, 0.5) is 0 Å². The summed E-state index contributed by atoms with van der Waals surface area (Å²) < 4.78 is 12.0. The second kappa shape index (κ2) is 11.4. The Bertz CT molecular complexity index is 997. The number of aromatic hydroxyl groups is 1. The van der Waals surface area contributed by atoms with Crippen molar-refractivity contribution in [1.82, 2.24) is 5.43 Å². The Hall–Kier alpha value is -2.06. The number of ether oxygens (including phenoxy) is 2. The van der Waals surface area contributed by atoms with Crippen LogP contribution < -0.4 is 14.9 Å². The average Bonchev–Trinajstić information content (AvgIpc) is 2.72. The smallest absolute Gasteiger partial charge is 0.277 e. The van der Waals surface area contributed by atoms with Gasteiger partial charge in [0.25, 0.3) is 5.91 Å². The van der Waals surface area contributed by atoms with Crippen molar-refractivity contribution in [2.24, 2.45) is 10.5 Å². The fourth-order valence-corrected chi connectivity index (χ4v) is 4.59. The first kappa shape index (κ1) is 27.2. The largest absolute Gasteiger partial charge is 0.503 e. The molecule has 0 aromatic heterocycles. The van der Waals surface area contributed by atoms with Gasteiger partial charge in [-0.15, -0.1) is 0 Å². The van der Waals surface area contributed by atoms with Crippen molar-refractivity contribution in [2.75, 3.05) is 13.2 Å². The molecule has 0 aliphatic heterocycles. The number of amides is 1. The monoisotopic (exact) mass is 582 g/mol. The Morgan fingerprint density at radius 3 is 2.30 bits per heavy atom. The average molecular weight is 584 g/mol. The summed E-state index contributed by atoms with van der Waals surface area (Å²) in [5.74, 6) is 0.544. The van der Waals surface area contributed by atoms with Crippen LogP contribution in [-0.2, 0) is 10.2 Å². The summed E-state index contributed by atoms with van der Waals surface area (Å²) in [6.45, 7) is 13.3. The Morgan fingerprint density at radius 1 is 1.09 bits per heavy atom. The zero-order chi connectivity index (χ0) is 24.8. The molecule has 0 atom stereocenters. The quantitative estimate of drug-likeness (QED) is 0.259. The molecule has 0 bridgehead atoms. The number of hydrazone groups is 1. The summed E-state index contributed by atoms with van der Waals surface area (Å²) in [6.07, 6.45) is 2.52. The molecule has 1 amide bonds. The number of phenols is 1. The van der Waals surface area contributed by atoms with Crippen LogP contribution in [0.3, 0.4) is 0 Å². The van der Waals surface area contributed by atoms with Gasteiger partial charge in [-0.25, -0.2) is 5.43 Å². The maximum Gasteiger partial charge on any atom is 0.277 e. The van der Waals surface area contributed by atoms with Gasteiger partial charge < -0.3 is 14.6 Å². The fourth-order valence-electron chi connectivity index (χ4n) is 3.76. The van der Waals surface area contributed by atoms with Crippen LogP contribution in [0, 0.1) is 5.41 Å². The van der Waals surface area contributed by atoms with Gasteiger partial charge in [-0.05, 0) is 79.8 Å². The molecule has 0 saturated carbocycles. The standard InChI is InChI=1S/C25H32Br2N2O4/c1-7-32-19-12-16(21(26)22(27)23(19)31)13-28-29-20(30)14-33-18-10-8-17(9-11-18)25(5,6)15-24(2,3)4/h8-13,31H,7,14-15H2,1-6H3,(H,29,30)/b28-13+. The third kappa shape index (κ3) is 8.03. The Kier molecular flexibility index (Phi) is 9.38. The Labute approximate surface area is 213 Å². The van der Waals surface area contributed by atoms with Crippen LogP contribution in [0.5, 0.6) is 17.2 Å². The van der Waals surface area contributed by atoms with Gasteiger partial charge in [0.15, 0.2) is 18.1 Å². The number of hydrogen-bond acceptors (Lipinski definition) is 5. The summed E-state index contributed by atoms with van der Waals surface area (Å²) in [5, 5.41) is 14.1. The van der Waals surface area contributed by atoms with E-state index < -0.39 is 0 Å². The number of carbonyl (C=O) groups is 1. The Morgan fingerprint density at radius 2 is 1.73 bits per heavy atom. The number of benzene rings is 2. The molecular formula is C25H32Br2N2O4. The molecule has 0 unspecified atom stereocenters. The molecule has 2 aromatic carbocycles. The minimum Gasteiger partial charge on any atom is -0.503 e. The molecule has 33 heavy (non-hydrogen) atoms. The van der Waals surface area contributed by atoms with Crippen LogP contribution >= 0.6 is 31.9 Å². The lowest BCUT2D eigenvalue weighted by atomic mass is 9.72. The molecule has 0 saturated heterocycles. The number of halogens is 2. The van der Waals surface area contributed by atoms with E-state index in [1.165, 1.54) is 11.8 Å². The van der Waals surface area contributed by atoms with Crippen molar-refractivity contribution in [3.05, 3.63) is 50.4 Å². The molecule has 0 aliphatic carbocycles. The number of rotatable bonds is 9. The van der Waals surface area contributed by atoms with Gasteiger partial charge in [0.2, 0.25) is 0 Å². The topological polar surface area (TPSA) is 80.2 Å². The highest BCUT2D eigenvalue weighted by Gasteiger charge is 2.27. The van der Waals surface area contributed by atoms with Crippen molar-refractivity contribution in [2.45, 2.75) is 53.4 Å². The summed E-state index contributed by atoms with van der Waals surface area (Å²) in [7, 11) is 0. The van der Waals surface area contributed by atoms with E-state index >= 15 is 0 Å². The van der Waals surface area contributed by atoms with E-state index in [1.54, 1.807) is 6.07 Å². The second-order valence-corrected chi connectivity index (χ2v) is 11.2. The number of phenolic OH excluding ortho intramolecular Hbond substituents is 1. The van der Waals surface area contributed by atoms with Crippen molar-refractivity contribution in [1.29, 1.82) is 0 Å². The molecule has 8 heteroatoms. The SMILES string of the molecule is CCOc1cc(/C=N/NC(=O)COc2ccc(C(C)(C)CC(C)(C)C)cc2)c(Br)c(Br)c1O. The van der Waals surface area contributed by atoms with E-state index in [0.29, 0.717) is 32.6 Å². The van der Waals surface area contributed by atoms with E-state index in [1.807, 2.05) is 31.2 Å². The molecule has 0 heterocycles. The van der Waals surface area contributed by atoms with Gasteiger partial charge in [-0.3, -0.25) is 4.79 Å². The zero-order valence-electron chi connectivity index (χ0n) is 20.0. The first-order valence-electron chi connectivity index (χ1n) is 10.7. The highest BCUT2D eigenvalue weighted by Crippen LogP contribution is 2.41. The molecule has 2 aromatic rings. The van der Waals surface area contributed by atoms with E-state index in [0.717, 1.165) is 6.42 Å². The molecular weight excluding hydrogens is 552 g/mol. The lowest BCUT2D eigenvalue weighted by Crippen LogP contribution is -2.25. The van der Waals surface area contributed by atoms with Crippen molar-refractivity contribution < 1.29 is 19.4 Å². The van der Waals surface area contributed by atoms with Crippen molar-refractivity contribution >= 4 is 44.0 Å². The van der Waals surface area contributed by atoms with Gasteiger partial charge >= 0.3 is 0 Å². The third-order valence-electron chi connectivity index (χ3n) is 4.84. The second-order valence-electron chi connectivity index (χ2n) is 9.60. The van der Waals surface area contributed by atoms with E-state index in [2.05, 4.69) is 77.0 Å². The first-order chi connectivity index (χ1) is 15.3. The lowest BCUT2D eigenvalue weighted by Gasteiger charge is -2.33. The van der Waals surface area contributed by atoms with Crippen LogP contribution in [0.2, 0.25) is 0 Å². The predicted octanol–water partition coefficient (Wildman–Crippen LogP) is 6.56. The summed E-state index contributed by atoms with van der Waals surface area (Å²) in [6, 6.07) is 9.50. The minimum atomic E-state index is -0.387. The number of nitrogens with zero attached hydrogens (tertiary/aromatic N) is 1. The first-order valence-corrected chi connectivity index (χ1v) is 12.3. The van der Waals surface area contributed by atoms with E-state index in [-0.39, 0.29) is 29.1 Å². The lowest BCUT2D eigenvalue weighted by molar-refractivity contribution is -0.123. The minimum absolute atomic E-state index is 0.00822. The van der Waals surface area contributed by atoms with Crippen LogP contribution in [0.25, 0.3) is 0 Å².